The van der Waals surface area contributed by atoms with Gasteiger partial charge in [0.05, 0.1) is 5.92 Å². The van der Waals surface area contributed by atoms with Gasteiger partial charge in [0, 0.05) is 13.1 Å². The average molecular weight is 305 g/mol. The van der Waals surface area contributed by atoms with E-state index in [4.69, 9.17) is 0 Å². The number of carbonyl (C=O) groups excluding carboxylic acids is 1. The molecule has 0 saturated carbocycles. The van der Waals surface area contributed by atoms with E-state index in [2.05, 4.69) is 49.6 Å². The van der Waals surface area contributed by atoms with Crippen molar-refractivity contribution in [3.63, 3.8) is 0 Å². The number of rotatable bonds is 5. The molecule has 3 rings (SSSR count). The van der Waals surface area contributed by atoms with Gasteiger partial charge < -0.3 is 4.90 Å². The van der Waals surface area contributed by atoms with Crippen molar-refractivity contribution in [2.24, 2.45) is 0 Å². The zero-order valence-corrected chi connectivity index (χ0v) is 13.5. The number of aryl methyl sites for hydroxylation is 1. The number of hydrogen-bond donors (Lipinski definition) is 0. The minimum absolute atomic E-state index is 0.0387. The number of hydrogen-bond acceptors (Lipinski definition) is 1. The third-order valence-corrected chi connectivity index (χ3v) is 4.68. The maximum Gasteiger partial charge on any atom is 0.230 e. The summed E-state index contributed by atoms with van der Waals surface area (Å²) in [4.78, 5) is 14.8. The maximum atomic E-state index is 13.0. The first-order valence-corrected chi connectivity index (χ1v) is 8.27. The molecule has 2 aromatic rings. The molecule has 23 heavy (non-hydrogen) atoms. The molecular weight excluding hydrogens is 282 g/mol. The molecule has 0 bridgehead atoms. The Morgan fingerprint density at radius 2 is 1.87 bits per heavy atom. The molecule has 0 aliphatic heterocycles. The van der Waals surface area contributed by atoms with Crippen LogP contribution in [0.5, 0.6) is 0 Å². The lowest BCUT2D eigenvalue weighted by Crippen LogP contribution is -2.36. The Morgan fingerprint density at radius 3 is 2.61 bits per heavy atom. The fraction of sp³-hybridized carbons (Fsp3) is 0.286. The van der Waals surface area contributed by atoms with Crippen molar-refractivity contribution < 1.29 is 4.79 Å². The Balaban J connectivity index is 2.01. The van der Waals surface area contributed by atoms with E-state index >= 15 is 0 Å². The third kappa shape index (κ3) is 2.94. The van der Waals surface area contributed by atoms with Crippen molar-refractivity contribution in [3.05, 3.63) is 72.8 Å². The summed E-state index contributed by atoms with van der Waals surface area (Å²) in [6.45, 7) is 8.68. The van der Waals surface area contributed by atoms with Gasteiger partial charge in [0.2, 0.25) is 5.91 Å². The summed E-state index contributed by atoms with van der Waals surface area (Å²) >= 11 is 0. The first-order chi connectivity index (χ1) is 11.3. The van der Waals surface area contributed by atoms with Gasteiger partial charge in [-0.15, -0.1) is 13.2 Å². The summed E-state index contributed by atoms with van der Waals surface area (Å²) in [7, 11) is 0. The van der Waals surface area contributed by atoms with E-state index in [-0.39, 0.29) is 11.8 Å². The van der Waals surface area contributed by atoms with E-state index in [1.54, 1.807) is 12.2 Å². The quantitative estimate of drug-likeness (QED) is 0.747. The summed E-state index contributed by atoms with van der Waals surface area (Å²) in [6, 6.07) is 12.8. The summed E-state index contributed by atoms with van der Waals surface area (Å²) < 4.78 is 0. The van der Waals surface area contributed by atoms with Crippen LogP contribution in [0, 0.1) is 0 Å². The third-order valence-electron chi connectivity index (χ3n) is 4.68. The normalized spacial score (nSPS) is 16.6. The van der Waals surface area contributed by atoms with E-state index in [9.17, 15) is 4.79 Å². The fourth-order valence-corrected chi connectivity index (χ4v) is 3.64. The molecule has 0 aromatic heterocycles. The highest BCUT2D eigenvalue weighted by atomic mass is 16.2. The van der Waals surface area contributed by atoms with Gasteiger partial charge in [0.15, 0.2) is 0 Å². The van der Waals surface area contributed by atoms with Gasteiger partial charge in [0.25, 0.3) is 0 Å². The smallest absolute Gasteiger partial charge is 0.230 e. The van der Waals surface area contributed by atoms with Crippen LogP contribution in [0.2, 0.25) is 0 Å². The molecule has 2 heteroatoms. The number of nitrogens with zero attached hydrogens (tertiary/aromatic N) is 1. The number of fused-ring (bicyclic) bond motifs is 3. The largest absolute Gasteiger partial charge is 0.335 e. The maximum absolute atomic E-state index is 13.0. The van der Waals surface area contributed by atoms with E-state index in [0.29, 0.717) is 13.1 Å². The lowest BCUT2D eigenvalue weighted by Gasteiger charge is -2.30. The number of amides is 1. The van der Waals surface area contributed by atoms with E-state index < -0.39 is 0 Å². The molecule has 1 aliphatic carbocycles. The second-order valence-corrected chi connectivity index (χ2v) is 6.12. The minimum Gasteiger partial charge on any atom is -0.335 e. The summed E-state index contributed by atoms with van der Waals surface area (Å²) in [5, 5.41) is 2.55. The SMILES string of the molecule is C=CCN(CC=C)C(=O)C1CCCc2c1ccc1ccccc21. The van der Waals surface area contributed by atoms with Gasteiger partial charge in [-0.05, 0) is 41.2 Å². The first-order valence-electron chi connectivity index (χ1n) is 8.27. The van der Waals surface area contributed by atoms with Crippen molar-refractivity contribution in [1.82, 2.24) is 4.90 Å². The topological polar surface area (TPSA) is 20.3 Å². The molecule has 1 aliphatic rings. The van der Waals surface area contributed by atoms with Gasteiger partial charge in [-0.2, -0.15) is 0 Å². The predicted octanol–water partition coefficient (Wildman–Crippen LogP) is 4.46. The van der Waals surface area contributed by atoms with Crippen molar-refractivity contribution in [3.8, 4) is 0 Å². The molecule has 1 unspecified atom stereocenters. The monoisotopic (exact) mass is 305 g/mol. The van der Waals surface area contributed by atoms with Crippen LogP contribution in [0.4, 0.5) is 0 Å². The molecule has 0 heterocycles. The Morgan fingerprint density at radius 1 is 1.13 bits per heavy atom. The molecule has 1 atom stereocenters. The van der Waals surface area contributed by atoms with Crippen molar-refractivity contribution in [2.75, 3.05) is 13.1 Å². The highest BCUT2D eigenvalue weighted by Gasteiger charge is 2.30. The lowest BCUT2D eigenvalue weighted by molar-refractivity contribution is -0.132. The van der Waals surface area contributed by atoms with Crippen LogP contribution in [0.25, 0.3) is 10.8 Å². The zero-order chi connectivity index (χ0) is 16.2. The molecule has 1 amide bonds. The van der Waals surface area contributed by atoms with Crippen molar-refractivity contribution >= 4 is 16.7 Å². The van der Waals surface area contributed by atoms with Crippen LogP contribution in [0.15, 0.2) is 61.7 Å². The molecule has 2 aromatic carbocycles. The van der Waals surface area contributed by atoms with Crippen LogP contribution in [-0.2, 0) is 11.2 Å². The molecule has 0 spiro atoms. The zero-order valence-electron chi connectivity index (χ0n) is 13.5. The Hall–Kier alpha value is -2.35. The Kier molecular flexibility index (Phi) is 4.61. The van der Waals surface area contributed by atoms with Crippen molar-refractivity contribution in [2.45, 2.75) is 25.2 Å². The van der Waals surface area contributed by atoms with E-state index in [0.717, 1.165) is 19.3 Å². The van der Waals surface area contributed by atoms with Crippen LogP contribution < -0.4 is 0 Å². The molecule has 118 valence electrons. The van der Waals surface area contributed by atoms with E-state index in [1.807, 2.05) is 4.90 Å². The van der Waals surface area contributed by atoms with Crippen LogP contribution in [-0.4, -0.2) is 23.9 Å². The van der Waals surface area contributed by atoms with E-state index in [1.165, 1.54) is 21.9 Å². The van der Waals surface area contributed by atoms with Gasteiger partial charge >= 0.3 is 0 Å². The van der Waals surface area contributed by atoms with Crippen LogP contribution in [0.1, 0.15) is 29.9 Å². The Labute approximate surface area is 138 Å². The fourth-order valence-electron chi connectivity index (χ4n) is 3.64. The molecule has 0 radical (unpaired) electrons. The molecule has 0 saturated heterocycles. The summed E-state index contributed by atoms with van der Waals surface area (Å²) in [5.74, 6) is 0.157. The standard InChI is InChI=1S/C21H23NO/c1-3-14-22(15-4-2)21(23)20-11-7-10-18-17-9-6-5-8-16(17)12-13-19(18)20/h3-6,8-9,12-13,20H,1-2,7,10-11,14-15H2. The molecular formula is C21H23NO. The van der Waals surface area contributed by atoms with Crippen LogP contribution in [0.3, 0.4) is 0 Å². The lowest BCUT2D eigenvalue weighted by atomic mass is 9.80. The van der Waals surface area contributed by atoms with Gasteiger partial charge in [-0.25, -0.2) is 0 Å². The summed E-state index contributed by atoms with van der Waals surface area (Å²) in [5.41, 5.74) is 2.56. The molecule has 0 fully saturated rings. The Bertz CT molecular complexity index is 737. The second kappa shape index (κ2) is 6.82. The number of benzene rings is 2. The van der Waals surface area contributed by atoms with Crippen molar-refractivity contribution in [1.29, 1.82) is 0 Å². The van der Waals surface area contributed by atoms with Gasteiger partial charge in [-0.1, -0.05) is 48.6 Å². The van der Waals surface area contributed by atoms with Crippen LogP contribution >= 0.6 is 0 Å². The highest BCUT2D eigenvalue weighted by Crippen LogP contribution is 2.37. The highest BCUT2D eigenvalue weighted by molar-refractivity contribution is 5.91. The first kappa shape index (κ1) is 15.5. The van der Waals surface area contributed by atoms with Gasteiger partial charge in [-0.3, -0.25) is 4.79 Å². The average Bonchev–Trinajstić information content (AvgIpc) is 2.60. The molecule has 2 nitrogen and oxygen atoms in total. The minimum atomic E-state index is -0.0387. The molecule has 0 N–H and O–H groups in total. The summed E-state index contributed by atoms with van der Waals surface area (Å²) in [6.07, 6.45) is 6.61. The number of carbonyl (C=O) groups is 1. The second-order valence-electron chi connectivity index (χ2n) is 6.12. The predicted molar refractivity (Wildman–Crippen MR) is 96.6 cm³/mol. The van der Waals surface area contributed by atoms with Gasteiger partial charge in [0.1, 0.15) is 0 Å².